The monoisotopic (exact) mass is 1240 g/mol. The zero-order valence-electron chi connectivity index (χ0n) is 58.9. The van der Waals surface area contributed by atoms with Crippen LogP contribution in [-0.2, 0) is 32.7 Å². The lowest BCUT2D eigenvalue weighted by atomic mass is 10.0. The average molecular weight is 1240 g/mol. The Labute approximate surface area is 537 Å². The third-order valence-corrected chi connectivity index (χ3v) is 19.1. The van der Waals surface area contributed by atoms with Gasteiger partial charge in [0, 0.05) is 12.8 Å². The van der Waals surface area contributed by atoms with Crippen molar-refractivity contribution < 1.29 is 42.1 Å². The Morgan fingerprint density at radius 1 is 0.314 bits per heavy atom. The van der Waals surface area contributed by atoms with E-state index in [4.69, 9.17) is 18.5 Å². The number of phosphoric ester groups is 1. The molecule has 0 aliphatic heterocycles. The second-order valence-electron chi connectivity index (χ2n) is 28.1. The van der Waals surface area contributed by atoms with Crippen LogP contribution < -0.4 is 0 Å². The van der Waals surface area contributed by atoms with Gasteiger partial charge in [0.2, 0.25) is 0 Å². The second kappa shape index (κ2) is 68.4. The first kappa shape index (κ1) is 85.0. The molecule has 2 atom stereocenters. The summed E-state index contributed by atoms with van der Waals surface area (Å²) in [7, 11) is 1.51. The lowest BCUT2D eigenvalue weighted by Gasteiger charge is -2.24. The maximum atomic E-state index is 12.9. The Balaban J connectivity index is 3.89. The summed E-state index contributed by atoms with van der Waals surface area (Å²) in [6, 6.07) is 0. The molecule has 0 rings (SSSR count). The van der Waals surface area contributed by atoms with E-state index in [1.165, 1.54) is 360 Å². The van der Waals surface area contributed by atoms with Crippen LogP contribution in [0.2, 0.25) is 0 Å². The molecule has 0 amide bonds. The number of phosphoric acid groups is 1. The van der Waals surface area contributed by atoms with Crippen LogP contribution >= 0.6 is 7.82 Å². The van der Waals surface area contributed by atoms with Crippen LogP contribution in [0.15, 0.2) is 0 Å². The third-order valence-electron chi connectivity index (χ3n) is 18.1. The first-order valence-corrected chi connectivity index (χ1v) is 40.3. The van der Waals surface area contributed by atoms with Crippen molar-refractivity contribution in [1.29, 1.82) is 0 Å². The van der Waals surface area contributed by atoms with Gasteiger partial charge in [-0.2, -0.15) is 0 Å². The molecule has 1 N–H and O–H groups in total. The van der Waals surface area contributed by atoms with E-state index >= 15 is 0 Å². The Kier molecular flexibility index (Phi) is 67.6. The summed E-state index contributed by atoms with van der Waals surface area (Å²) < 4.78 is 34.8. The van der Waals surface area contributed by atoms with Crippen LogP contribution in [0.3, 0.4) is 0 Å². The number of nitrogens with zero attached hydrogens (tertiary/aromatic N) is 1. The fraction of sp³-hybridized carbons (Fsp3) is 0.974. The summed E-state index contributed by atoms with van der Waals surface area (Å²) in [5.74, 6) is -0.765. The number of esters is 2. The molecule has 0 saturated carbocycles. The van der Waals surface area contributed by atoms with E-state index in [1.807, 2.05) is 21.1 Å². The first-order valence-electron chi connectivity index (χ1n) is 38.8. The Morgan fingerprint density at radius 2 is 0.523 bits per heavy atom. The maximum absolute atomic E-state index is 12.9. The lowest BCUT2D eigenvalue weighted by molar-refractivity contribution is -0.870. The van der Waals surface area contributed by atoms with Gasteiger partial charge in [0.1, 0.15) is 19.8 Å². The Bertz CT molecular complexity index is 1410. The van der Waals surface area contributed by atoms with Crippen molar-refractivity contribution in [3.63, 3.8) is 0 Å². The summed E-state index contributed by atoms with van der Waals surface area (Å²) in [5, 5.41) is 0. The number of likely N-dealkylation sites (N-methyl/N-ethyl adjacent to an activating group) is 1. The number of quaternary nitrogens is 1. The molecule has 0 aliphatic rings. The maximum Gasteiger partial charge on any atom is 0.472 e. The van der Waals surface area contributed by atoms with Crippen molar-refractivity contribution in [1.82, 2.24) is 0 Å². The summed E-state index contributed by atoms with van der Waals surface area (Å²) in [6.45, 7) is 4.54. The van der Waals surface area contributed by atoms with Crippen molar-refractivity contribution in [2.45, 2.75) is 431 Å². The molecule has 0 radical (unpaired) electrons. The fourth-order valence-electron chi connectivity index (χ4n) is 12.2. The standard InChI is InChI=1S/C76H152NO8P/c1-6-8-10-12-14-16-18-20-22-24-26-28-30-32-34-35-36-37-38-39-40-41-42-43-45-47-49-51-53-55-57-59-61-63-65-67-69-76(79)85-74(73-84-86(80,81)83-71-70-77(3,4)5)72-82-75(78)68-66-64-62-60-58-56-54-52-50-48-46-44-33-31-29-27-25-23-21-19-17-15-13-11-9-7-2/h74H,6-73H2,1-5H3/p+1. The number of hydrogen-bond donors (Lipinski definition) is 1. The molecular weight excluding hydrogens is 1090 g/mol. The fourth-order valence-corrected chi connectivity index (χ4v) is 12.9. The molecule has 0 aromatic heterocycles. The van der Waals surface area contributed by atoms with Crippen LogP contribution in [0.1, 0.15) is 425 Å². The first-order chi connectivity index (χ1) is 42.0. The topological polar surface area (TPSA) is 108 Å². The van der Waals surface area contributed by atoms with E-state index < -0.39 is 26.5 Å². The minimum Gasteiger partial charge on any atom is -0.462 e. The van der Waals surface area contributed by atoms with E-state index in [0.29, 0.717) is 17.4 Å². The van der Waals surface area contributed by atoms with Gasteiger partial charge in [-0.15, -0.1) is 0 Å². The van der Waals surface area contributed by atoms with E-state index in [1.54, 1.807) is 0 Å². The highest BCUT2D eigenvalue weighted by atomic mass is 31.2. The molecule has 9 nitrogen and oxygen atoms in total. The van der Waals surface area contributed by atoms with Crippen molar-refractivity contribution in [3.05, 3.63) is 0 Å². The highest BCUT2D eigenvalue weighted by Gasteiger charge is 2.27. The van der Waals surface area contributed by atoms with E-state index in [0.717, 1.165) is 38.5 Å². The molecule has 2 unspecified atom stereocenters. The third kappa shape index (κ3) is 72.1. The van der Waals surface area contributed by atoms with Crippen LogP contribution in [0.5, 0.6) is 0 Å². The number of carbonyl (C=O) groups is 2. The molecule has 0 aliphatic carbocycles. The van der Waals surface area contributed by atoms with Crippen LogP contribution in [0, 0.1) is 0 Å². The lowest BCUT2D eigenvalue weighted by Crippen LogP contribution is -2.37. The highest BCUT2D eigenvalue weighted by Crippen LogP contribution is 2.43. The summed E-state index contributed by atoms with van der Waals surface area (Å²) >= 11 is 0. The number of rotatable bonds is 74. The summed E-state index contributed by atoms with van der Waals surface area (Å²) in [5.41, 5.74) is 0. The molecule has 0 fully saturated rings. The largest absolute Gasteiger partial charge is 0.472 e. The molecule has 0 spiro atoms. The van der Waals surface area contributed by atoms with Crippen molar-refractivity contribution >= 4 is 19.8 Å². The van der Waals surface area contributed by atoms with Gasteiger partial charge in [0.05, 0.1) is 27.7 Å². The summed E-state index contributed by atoms with van der Waals surface area (Å²) in [4.78, 5) is 35.9. The molecule has 86 heavy (non-hydrogen) atoms. The highest BCUT2D eigenvalue weighted by molar-refractivity contribution is 7.47. The zero-order chi connectivity index (χ0) is 62.6. The van der Waals surface area contributed by atoms with Crippen LogP contribution in [0.25, 0.3) is 0 Å². The van der Waals surface area contributed by atoms with Crippen molar-refractivity contribution in [2.75, 3.05) is 47.5 Å². The molecule has 0 aromatic carbocycles. The van der Waals surface area contributed by atoms with E-state index in [2.05, 4.69) is 13.8 Å². The summed E-state index contributed by atoms with van der Waals surface area (Å²) in [6.07, 6.45) is 84.0. The minimum absolute atomic E-state index is 0.0378. The minimum atomic E-state index is -4.39. The van der Waals surface area contributed by atoms with Crippen LogP contribution in [0.4, 0.5) is 0 Å². The number of unbranched alkanes of at least 4 members (excludes halogenated alkanes) is 60. The molecule has 10 heteroatoms. The zero-order valence-corrected chi connectivity index (χ0v) is 59.8. The normalized spacial score (nSPS) is 13.0. The number of ether oxygens (including phenoxy) is 2. The molecule has 0 heterocycles. The molecule has 0 aromatic rings. The van der Waals surface area contributed by atoms with Gasteiger partial charge >= 0.3 is 19.8 Å². The SMILES string of the molecule is CCCCCCCCCCCCCCCCCCCCCCCCCCCCCCCCCCCCCCC(=O)OC(COC(=O)CCCCCCCCCCCCCCCCCCCCCCCCCCCC)COP(=O)(O)OCC[N+](C)(C)C. The number of hydrogen-bond acceptors (Lipinski definition) is 7. The smallest absolute Gasteiger partial charge is 0.462 e. The second-order valence-corrected chi connectivity index (χ2v) is 29.6. The number of carbonyl (C=O) groups excluding carboxylic acids is 2. The van der Waals surface area contributed by atoms with Crippen molar-refractivity contribution in [2.24, 2.45) is 0 Å². The predicted octanol–water partition coefficient (Wildman–Crippen LogP) is 25.3. The Hall–Kier alpha value is -0.990. The molecule has 0 bridgehead atoms. The quantitative estimate of drug-likeness (QED) is 0.0278. The van der Waals surface area contributed by atoms with Crippen molar-refractivity contribution in [3.8, 4) is 0 Å². The average Bonchev–Trinajstić information content (AvgIpc) is 3.70. The predicted molar refractivity (Wildman–Crippen MR) is 372 cm³/mol. The molecule has 0 saturated heterocycles. The van der Waals surface area contributed by atoms with Gasteiger partial charge in [0.15, 0.2) is 6.10 Å². The molecule has 514 valence electrons. The van der Waals surface area contributed by atoms with Crippen LogP contribution in [-0.4, -0.2) is 74.9 Å². The van der Waals surface area contributed by atoms with Gasteiger partial charge in [-0.25, -0.2) is 4.57 Å². The van der Waals surface area contributed by atoms with Gasteiger partial charge in [-0.05, 0) is 12.8 Å². The molecular formula is C76H153NO8P+. The van der Waals surface area contributed by atoms with Gasteiger partial charge < -0.3 is 18.9 Å². The van der Waals surface area contributed by atoms with Gasteiger partial charge in [-0.3, -0.25) is 18.6 Å². The van der Waals surface area contributed by atoms with E-state index in [-0.39, 0.29) is 25.6 Å². The van der Waals surface area contributed by atoms with E-state index in [9.17, 15) is 19.0 Å². The van der Waals surface area contributed by atoms with Gasteiger partial charge in [-0.1, -0.05) is 399 Å². The van der Waals surface area contributed by atoms with Gasteiger partial charge in [0.25, 0.3) is 0 Å². The Morgan fingerprint density at radius 3 is 0.744 bits per heavy atom.